The number of nitrogens with one attached hydrogen (secondary N) is 2. The lowest BCUT2D eigenvalue weighted by Gasteiger charge is -2.34. The molecule has 0 spiro atoms. The molecular formula is C34H32F2N6O6. The maximum Gasteiger partial charge on any atom is 0.290 e. The number of nitriles is 1. The number of pyridine rings is 2. The molecule has 5 N–H and O–H groups in total. The molecule has 1 aliphatic rings. The molecular weight excluding hydrogens is 626 g/mol. The number of hydrogen-bond donors (Lipinski definition) is 5. The van der Waals surface area contributed by atoms with Crippen molar-refractivity contribution in [2.75, 3.05) is 25.1 Å². The minimum absolute atomic E-state index is 0.0518. The summed E-state index contributed by atoms with van der Waals surface area (Å²) in [4.78, 5) is 29.9. The predicted octanol–water partition coefficient (Wildman–Crippen LogP) is 4.65. The van der Waals surface area contributed by atoms with Gasteiger partial charge in [0.15, 0.2) is 23.1 Å². The quantitative estimate of drug-likeness (QED) is 0.0731. The van der Waals surface area contributed by atoms with Gasteiger partial charge in [-0.05, 0) is 48.2 Å². The van der Waals surface area contributed by atoms with E-state index >= 15 is 8.78 Å². The number of methoxy groups -OCH3 is 1. The van der Waals surface area contributed by atoms with E-state index in [1.807, 2.05) is 35.2 Å². The van der Waals surface area contributed by atoms with Gasteiger partial charge in [0.05, 0.1) is 7.11 Å². The summed E-state index contributed by atoms with van der Waals surface area (Å²) in [6, 6.07) is 15.0. The van der Waals surface area contributed by atoms with Crippen LogP contribution in [0.5, 0.6) is 11.5 Å². The maximum absolute atomic E-state index is 16.4. The molecule has 0 atom stereocenters. The Morgan fingerprint density at radius 2 is 1.81 bits per heavy atom. The third kappa shape index (κ3) is 8.46. The number of hydrogen-bond acceptors (Lipinski definition) is 10. The lowest BCUT2D eigenvalue weighted by Crippen LogP contribution is -2.43. The zero-order valence-electron chi connectivity index (χ0n) is 25.7. The van der Waals surface area contributed by atoms with Gasteiger partial charge < -0.3 is 25.2 Å². The second kappa shape index (κ2) is 16.6. The molecule has 1 saturated heterocycles. The molecule has 14 heteroatoms. The summed E-state index contributed by atoms with van der Waals surface area (Å²) in [5.74, 6) is -2.24. The van der Waals surface area contributed by atoms with E-state index in [2.05, 4.69) is 15.3 Å². The van der Waals surface area contributed by atoms with E-state index in [0.29, 0.717) is 25.2 Å². The van der Waals surface area contributed by atoms with E-state index in [4.69, 9.17) is 19.8 Å². The van der Waals surface area contributed by atoms with Crippen molar-refractivity contribution in [1.82, 2.24) is 20.8 Å². The molecule has 3 heterocycles. The lowest BCUT2D eigenvalue weighted by molar-refractivity contribution is -0.124. The van der Waals surface area contributed by atoms with Crippen molar-refractivity contribution in [1.29, 1.82) is 5.26 Å². The summed E-state index contributed by atoms with van der Waals surface area (Å²) in [7, 11) is 1.30. The van der Waals surface area contributed by atoms with Gasteiger partial charge in [0.1, 0.15) is 17.6 Å². The Labute approximate surface area is 274 Å². The number of hydroxylamine groups is 1. The van der Waals surface area contributed by atoms with E-state index in [9.17, 15) is 15.2 Å². The van der Waals surface area contributed by atoms with Crippen LogP contribution in [0.2, 0.25) is 0 Å². The molecule has 12 nitrogen and oxygen atoms in total. The molecule has 0 radical (unpaired) electrons. The Morgan fingerprint density at radius 3 is 2.42 bits per heavy atom. The van der Waals surface area contributed by atoms with Crippen molar-refractivity contribution in [3.8, 4) is 39.8 Å². The molecule has 5 rings (SSSR count). The van der Waals surface area contributed by atoms with Crippen molar-refractivity contribution >= 4 is 24.3 Å². The van der Waals surface area contributed by atoms with Crippen molar-refractivity contribution in [2.45, 2.75) is 25.4 Å². The van der Waals surface area contributed by atoms with E-state index in [0.717, 1.165) is 30.0 Å². The number of phenolic OH excluding ortho intramolecular Hbond substituents is 1. The van der Waals surface area contributed by atoms with E-state index in [-0.39, 0.29) is 52.2 Å². The fourth-order valence-electron chi connectivity index (χ4n) is 5.22. The summed E-state index contributed by atoms with van der Waals surface area (Å²) in [6.07, 6.45) is 7.03. The molecule has 248 valence electrons. The van der Waals surface area contributed by atoms with Crippen LogP contribution < -0.4 is 20.4 Å². The van der Waals surface area contributed by atoms with Gasteiger partial charge in [-0.2, -0.15) is 5.26 Å². The highest BCUT2D eigenvalue weighted by atomic mass is 19.1. The second-order valence-corrected chi connectivity index (χ2v) is 10.5. The number of amides is 1. The molecule has 0 bridgehead atoms. The first-order valence-corrected chi connectivity index (χ1v) is 14.6. The third-order valence-electron chi connectivity index (χ3n) is 7.63. The number of benzene rings is 2. The monoisotopic (exact) mass is 658 g/mol. The highest BCUT2D eigenvalue weighted by Crippen LogP contribution is 2.41. The summed E-state index contributed by atoms with van der Waals surface area (Å²) in [6.45, 7) is 1.43. The van der Waals surface area contributed by atoms with Crippen LogP contribution in [-0.4, -0.2) is 64.0 Å². The van der Waals surface area contributed by atoms with Crippen LogP contribution in [-0.2, 0) is 16.1 Å². The van der Waals surface area contributed by atoms with Gasteiger partial charge in [-0.1, -0.05) is 24.3 Å². The van der Waals surface area contributed by atoms with Gasteiger partial charge in [0.2, 0.25) is 0 Å². The summed E-state index contributed by atoms with van der Waals surface area (Å²) in [5.41, 5.74) is 4.01. The minimum atomic E-state index is -0.728. The fourth-order valence-corrected chi connectivity index (χ4v) is 5.22. The molecule has 0 saturated carbocycles. The molecule has 1 amide bonds. The Balaban J connectivity index is 0.00000167. The maximum atomic E-state index is 16.4. The van der Waals surface area contributed by atoms with Crippen LogP contribution in [0.3, 0.4) is 0 Å². The number of anilines is 1. The molecule has 0 unspecified atom stereocenters. The molecule has 2 aromatic heterocycles. The van der Waals surface area contributed by atoms with Crippen molar-refractivity contribution in [2.24, 2.45) is 0 Å². The van der Waals surface area contributed by atoms with Crippen LogP contribution in [0.4, 0.5) is 14.6 Å². The van der Waals surface area contributed by atoms with Crippen molar-refractivity contribution in [3.05, 3.63) is 95.5 Å². The van der Waals surface area contributed by atoms with Gasteiger partial charge in [-0.15, -0.1) is 0 Å². The average Bonchev–Trinajstić information content (AvgIpc) is 3.11. The number of piperidine rings is 1. The highest BCUT2D eigenvalue weighted by molar-refractivity contribution is 5.90. The molecule has 1 aliphatic heterocycles. The summed E-state index contributed by atoms with van der Waals surface area (Å²) >= 11 is 0. The third-order valence-corrected chi connectivity index (χ3v) is 7.63. The number of carbonyl (C=O) groups is 2. The Morgan fingerprint density at radius 1 is 1.10 bits per heavy atom. The zero-order valence-corrected chi connectivity index (χ0v) is 25.7. The summed E-state index contributed by atoms with van der Waals surface area (Å²) < 4.78 is 36.6. The van der Waals surface area contributed by atoms with E-state index in [1.54, 1.807) is 17.6 Å². The number of carbonyl (C=O) groups excluding carboxylic acids is 1. The first-order valence-electron chi connectivity index (χ1n) is 14.6. The zero-order chi connectivity index (χ0) is 34.6. The lowest BCUT2D eigenvalue weighted by atomic mass is 9.95. The number of nitrogens with zero attached hydrogens (tertiary/aromatic N) is 4. The average molecular weight is 659 g/mol. The Bertz CT molecular complexity index is 1810. The van der Waals surface area contributed by atoms with Crippen molar-refractivity contribution < 1.29 is 38.5 Å². The Kier molecular flexibility index (Phi) is 12.1. The van der Waals surface area contributed by atoms with Crippen LogP contribution >= 0.6 is 0 Å². The number of rotatable bonds is 9. The van der Waals surface area contributed by atoms with Gasteiger partial charge >= 0.3 is 0 Å². The molecule has 4 aromatic rings. The second-order valence-electron chi connectivity index (χ2n) is 10.5. The van der Waals surface area contributed by atoms with Crippen LogP contribution in [0, 0.1) is 23.0 Å². The molecule has 48 heavy (non-hydrogen) atoms. The van der Waals surface area contributed by atoms with Gasteiger partial charge in [0, 0.05) is 72.5 Å². The fraction of sp³-hybridized carbons (Fsp3) is 0.206. The minimum Gasteiger partial charge on any atom is -0.504 e. The van der Waals surface area contributed by atoms with Crippen LogP contribution in [0.15, 0.2) is 67.0 Å². The normalized spacial score (nSPS) is 12.9. The molecule has 2 aromatic carbocycles. The Hall–Kier alpha value is -5.91. The van der Waals surface area contributed by atoms with Gasteiger partial charge in [0.25, 0.3) is 12.4 Å². The number of phenols is 1. The largest absolute Gasteiger partial charge is 0.504 e. The summed E-state index contributed by atoms with van der Waals surface area (Å²) in [5, 5.41) is 38.5. The molecule has 1 fully saturated rings. The SMILES string of the molecule is COc1cc(F)c(-c2cnc(N3CCC(NCc4ccc(/C=C/C(=O)NO)cc4)CC3)c(F)c2-c2ccc(C#N)nc2)cc1O.O=CO. The number of aromatic hydroxyl groups is 1. The first-order chi connectivity index (χ1) is 23.2. The molecule has 0 aliphatic carbocycles. The number of aromatic nitrogens is 2. The van der Waals surface area contributed by atoms with Crippen molar-refractivity contribution in [3.63, 3.8) is 0 Å². The first kappa shape index (κ1) is 35.0. The predicted molar refractivity (Wildman–Crippen MR) is 172 cm³/mol. The topological polar surface area (TPSA) is 181 Å². The van der Waals surface area contributed by atoms with E-state index < -0.39 is 17.5 Å². The smallest absolute Gasteiger partial charge is 0.290 e. The van der Waals surface area contributed by atoms with Crippen LogP contribution in [0.25, 0.3) is 28.3 Å². The van der Waals surface area contributed by atoms with Gasteiger partial charge in [-0.3, -0.25) is 14.8 Å². The van der Waals surface area contributed by atoms with Gasteiger partial charge in [-0.25, -0.2) is 24.2 Å². The number of halogens is 2. The standard InChI is InChI=1S/C33H30F2N6O4.CH2O2/c1-45-29-15-27(34)25(14-28(29)42)26-19-39-33(32(35)31(26)22-7-8-24(16-36)38-18-22)41-12-10-23(11-13-41)37-17-21-4-2-20(3-5-21)6-9-30(43)40-44;2-1-3/h2-9,14-15,18-19,23,37,42,44H,10-13,17H2,1H3,(H,40,43);1H,(H,2,3)/b9-6+;. The number of carboxylic acid groups (broad SMARTS) is 1. The highest BCUT2D eigenvalue weighted by Gasteiger charge is 2.27. The van der Waals surface area contributed by atoms with E-state index in [1.165, 1.54) is 37.7 Å². The van der Waals surface area contributed by atoms with Crippen LogP contribution in [0.1, 0.15) is 29.7 Å². The number of ether oxygens (including phenoxy) is 1.